The number of fused-ring (bicyclic) bond motifs is 1. The number of hydrogen-bond acceptors (Lipinski definition) is 6. The van der Waals surface area contributed by atoms with Crippen molar-refractivity contribution in [2.75, 3.05) is 42.2 Å². The number of nitrogens with one attached hydrogen (secondary N) is 1. The number of H-pyrrole nitrogens is 1. The number of benzene rings is 1. The molecule has 0 atom stereocenters. The van der Waals surface area contributed by atoms with E-state index in [9.17, 15) is 12.8 Å². The molecule has 3 heterocycles. The van der Waals surface area contributed by atoms with Crippen LogP contribution in [-0.4, -0.2) is 55.8 Å². The molecule has 1 fully saturated rings. The predicted octanol–water partition coefficient (Wildman–Crippen LogP) is 1.83. The van der Waals surface area contributed by atoms with Crippen LogP contribution in [0.1, 0.15) is 0 Å². The average Bonchev–Trinajstić information content (AvgIpc) is 3.10. The minimum absolute atomic E-state index is 0.00628. The summed E-state index contributed by atoms with van der Waals surface area (Å²) in [6.45, 7) is 2.60. The molecule has 0 radical (unpaired) electrons. The maximum absolute atomic E-state index is 14.4. The van der Waals surface area contributed by atoms with E-state index in [1.165, 1.54) is 18.5 Å². The molecule has 0 saturated carbocycles. The van der Waals surface area contributed by atoms with Crippen molar-refractivity contribution < 1.29 is 12.8 Å². The maximum atomic E-state index is 14.4. The molecule has 1 saturated heterocycles. The Bertz CT molecular complexity index is 1060. The van der Waals surface area contributed by atoms with Gasteiger partial charge in [-0.2, -0.15) is 0 Å². The molecule has 1 aliphatic heterocycles. The van der Waals surface area contributed by atoms with Crippen molar-refractivity contribution in [2.45, 2.75) is 4.90 Å². The van der Waals surface area contributed by atoms with Gasteiger partial charge in [0.25, 0.3) is 0 Å². The summed E-state index contributed by atoms with van der Waals surface area (Å²) in [5, 5.41) is 0.963. The minimum atomic E-state index is -3.42. The molecule has 9 heteroatoms. The fraction of sp³-hybridized carbons (Fsp3) is 0.294. The lowest BCUT2D eigenvalue weighted by Gasteiger charge is -2.37. The number of piperazine rings is 1. The van der Waals surface area contributed by atoms with E-state index in [0.717, 1.165) is 29.2 Å². The van der Waals surface area contributed by atoms with Gasteiger partial charge in [0, 0.05) is 38.6 Å². The lowest BCUT2D eigenvalue weighted by molar-refractivity contribution is 0.586. The second-order valence-electron chi connectivity index (χ2n) is 6.30. The van der Waals surface area contributed by atoms with E-state index in [2.05, 4.69) is 19.9 Å². The molecule has 0 aliphatic carbocycles. The van der Waals surface area contributed by atoms with Crippen LogP contribution in [0.3, 0.4) is 0 Å². The van der Waals surface area contributed by atoms with Crippen LogP contribution in [0.2, 0.25) is 0 Å². The first-order valence-corrected chi connectivity index (χ1v) is 10.1. The number of anilines is 2. The van der Waals surface area contributed by atoms with E-state index in [1.54, 1.807) is 0 Å². The molecule has 0 unspecified atom stereocenters. The number of aromatic nitrogens is 3. The first-order chi connectivity index (χ1) is 12.4. The molecule has 1 aromatic carbocycles. The second-order valence-corrected chi connectivity index (χ2v) is 8.31. The number of nitrogens with zero attached hydrogens (tertiary/aromatic N) is 4. The molecule has 3 aromatic rings. The number of aromatic amines is 1. The van der Waals surface area contributed by atoms with Crippen LogP contribution in [0.4, 0.5) is 15.9 Å². The van der Waals surface area contributed by atoms with Crippen molar-refractivity contribution in [2.24, 2.45) is 0 Å². The molecular weight excluding hydrogens is 357 g/mol. The van der Waals surface area contributed by atoms with Crippen LogP contribution in [0.25, 0.3) is 11.0 Å². The summed E-state index contributed by atoms with van der Waals surface area (Å²) in [5.74, 6) is 0.347. The highest BCUT2D eigenvalue weighted by atomic mass is 32.2. The van der Waals surface area contributed by atoms with Gasteiger partial charge in [-0.25, -0.2) is 22.8 Å². The number of sulfone groups is 1. The second kappa shape index (κ2) is 6.24. The molecule has 0 amide bonds. The Morgan fingerprint density at radius 3 is 2.50 bits per heavy atom. The van der Waals surface area contributed by atoms with Crippen molar-refractivity contribution >= 4 is 32.4 Å². The monoisotopic (exact) mass is 375 g/mol. The van der Waals surface area contributed by atoms with Gasteiger partial charge in [-0.05, 0) is 24.3 Å². The molecule has 2 aromatic heterocycles. The fourth-order valence-corrected chi connectivity index (χ4v) is 3.88. The standard InChI is InChI=1S/C17H18FN5O2S/c1-26(24,25)12-2-3-15(14(18)10-12)22-6-8-23(9-7-22)17-13-4-5-19-16(13)20-11-21-17/h2-5,10-11H,6-9H2,1H3,(H,19,20,21). The SMILES string of the molecule is CS(=O)(=O)c1ccc(N2CCN(c3ncnc4[nH]ccc34)CC2)c(F)c1. The topological polar surface area (TPSA) is 82.2 Å². The molecular formula is C17H18FN5O2S. The first-order valence-electron chi connectivity index (χ1n) is 8.21. The highest BCUT2D eigenvalue weighted by molar-refractivity contribution is 7.90. The van der Waals surface area contributed by atoms with E-state index < -0.39 is 15.7 Å². The summed E-state index contributed by atoms with van der Waals surface area (Å²) in [6.07, 6.45) is 4.44. The zero-order chi connectivity index (χ0) is 18.3. The normalized spacial score (nSPS) is 15.6. The summed E-state index contributed by atoms with van der Waals surface area (Å²) >= 11 is 0. The Hall–Kier alpha value is -2.68. The lowest BCUT2D eigenvalue weighted by Crippen LogP contribution is -2.47. The Morgan fingerprint density at radius 1 is 1.08 bits per heavy atom. The summed E-state index contributed by atoms with van der Waals surface area (Å²) in [5.41, 5.74) is 1.21. The van der Waals surface area contributed by atoms with Gasteiger partial charge >= 0.3 is 0 Å². The number of halogens is 1. The van der Waals surface area contributed by atoms with Crippen molar-refractivity contribution in [3.05, 3.63) is 42.6 Å². The largest absolute Gasteiger partial charge is 0.366 e. The fourth-order valence-electron chi connectivity index (χ4n) is 3.24. The average molecular weight is 375 g/mol. The van der Waals surface area contributed by atoms with Crippen molar-refractivity contribution in [3.63, 3.8) is 0 Å². The Labute approximate surface area is 150 Å². The van der Waals surface area contributed by atoms with Crippen LogP contribution < -0.4 is 9.80 Å². The summed E-state index contributed by atoms with van der Waals surface area (Å²) < 4.78 is 37.5. The lowest BCUT2D eigenvalue weighted by atomic mass is 10.2. The minimum Gasteiger partial charge on any atom is -0.366 e. The Morgan fingerprint density at radius 2 is 1.81 bits per heavy atom. The van der Waals surface area contributed by atoms with Gasteiger partial charge in [0.2, 0.25) is 0 Å². The van der Waals surface area contributed by atoms with Crippen molar-refractivity contribution in [1.29, 1.82) is 0 Å². The summed E-state index contributed by atoms with van der Waals surface area (Å²) in [7, 11) is -3.42. The van der Waals surface area contributed by atoms with Gasteiger partial charge in [0.15, 0.2) is 9.84 Å². The van der Waals surface area contributed by atoms with Crippen molar-refractivity contribution in [1.82, 2.24) is 15.0 Å². The van der Waals surface area contributed by atoms with Gasteiger partial charge in [-0.3, -0.25) is 0 Å². The van der Waals surface area contributed by atoms with Crippen LogP contribution in [0.5, 0.6) is 0 Å². The van der Waals surface area contributed by atoms with Crippen LogP contribution >= 0.6 is 0 Å². The molecule has 7 nitrogen and oxygen atoms in total. The summed E-state index contributed by atoms with van der Waals surface area (Å²) in [6, 6.07) is 6.02. The van der Waals surface area contributed by atoms with Gasteiger partial charge in [-0.1, -0.05) is 0 Å². The maximum Gasteiger partial charge on any atom is 0.175 e. The molecule has 1 N–H and O–H groups in total. The third-order valence-electron chi connectivity index (χ3n) is 4.60. The smallest absolute Gasteiger partial charge is 0.175 e. The predicted molar refractivity (Wildman–Crippen MR) is 97.8 cm³/mol. The summed E-state index contributed by atoms with van der Waals surface area (Å²) in [4.78, 5) is 15.7. The van der Waals surface area contributed by atoms with E-state index in [-0.39, 0.29) is 4.90 Å². The molecule has 1 aliphatic rings. The van der Waals surface area contributed by atoms with Crippen LogP contribution in [0, 0.1) is 5.82 Å². The number of hydrogen-bond donors (Lipinski definition) is 1. The van der Waals surface area contributed by atoms with Crippen molar-refractivity contribution in [3.8, 4) is 0 Å². The third kappa shape index (κ3) is 2.98. The van der Waals surface area contributed by atoms with E-state index >= 15 is 0 Å². The molecule has 0 bridgehead atoms. The van der Waals surface area contributed by atoms with E-state index in [1.807, 2.05) is 17.2 Å². The van der Waals surface area contributed by atoms with Gasteiger partial charge in [0.1, 0.15) is 23.6 Å². The highest BCUT2D eigenvalue weighted by Crippen LogP contribution is 2.27. The zero-order valence-corrected chi connectivity index (χ0v) is 15.0. The third-order valence-corrected chi connectivity index (χ3v) is 5.71. The highest BCUT2D eigenvalue weighted by Gasteiger charge is 2.23. The van der Waals surface area contributed by atoms with Gasteiger partial charge in [0.05, 0.1) is 16.0 Å². The van der Waals surface area contributed by atoms with Crippen LogP contribution in [-0.2, 0) is 9.84 Å². The first kappa shape index (κ1) is 16.8. The van der Waals surface area contributed by atoms with Crippen LogP contribution in [0.15, 0.2) is 41.7 Å². The molecule has 26 heavy (non-hydrogen) atoms. The zero-order valence-electron chi connectivity index (χ0n) is 14.2. The van der Waals surface area contributed by atoms with E-state index in [4.69, 9.17) is 0 Å². The Balaban J connectivity index is 1.53. The van der Waals surface area contributed by atoms with Gasteiger partial charge < -0.3 is 14.8 Å². The molecule has 4 rings (SSSR count). The van der Waals surface area contributed by atoms with E-state index in [0.29, 0.717) is 31.9 Å². The Kier molecular flexibility index (Phi) is 4.03. The van der Waals surface area contributed by atoms with Gasteiger partial charge in [-0.15, -0.1) is 0 Å². The quantitative estimate of drug-likeness (QED) is 0.752. The molecule has 0 spiro atoms. The molecule has 136 valence electrons. The number of rotatable bonds is 3.